The summed E-state index contributed by atoms with van der Waals surface area (Å²) in [7, 11) is 0. The lowest BCUT2D eigenvalue weighted by Gasteiger charge is -2.02. The van der Waals surface area contributed by atoms with E-state index in [0.29, 0.717) is 12.4 Å². The van der Waals surface area contributed by atoms with Crippen molar-refractivity contribution in [1.82, 2.24) is 14.5 Å². The molecule has 4 aromatic rings. The Morgan fingerprint density at radius 2 is 2.00 bits per heavy atom. The van der Waals surface area contributed by atoms with E-state index in [2.05, 4.69) is 16.9 Å². The van der Waals surface area contributed by atoms with Gasteiger partial charge in [0, 0.05) is 18.8 Å². The maximum absolute atomic E-state index is 5.78. The van der Waals surface area contributed by atoms with Crippen LogP contribution >= 0.6 is 0 Å². The van der Waals surface area contributed by atoms with Crippen LogP contribution in [0.5, 0.6) is 0 Å². The van der Waals surface area contributed by atoms with Crippen molar-refractivity contribution in [2.45, 2.75) is 19.9 Å². The highest BCUT2D eigenvalue weighted by atomic mass is 16.4. The molecule has 0 saturated heterocycles. The minimum Gasteiger partial charge on any atom is -0.458 e. The van der Waals surface area contributed by atoms with E-state index in [4.69, 9.17) is 8.83 Å². The van der Waals surface area contributed by atoms with Gasteiger partial charge in [0.05, 0.1) is 0 Å². The average Bonchev–Trinajstić information content (AvgIpc) is 3.25. The molecule has 0 spiro atoms. The zero-order chi connectivity index (χ0) is 14.9. The first-order chi connectivity index (χ1) is 10.8. The van der Waals surface area contributed by atoms with Crippen LogP contribution in [0.2, 0.25) is 0 Å². The van der Waals surface area contributed by atoms with Crippen molar-refractivity contribution in [3.05, 3.63) is 60.4 Å². The van der Waals surface area contributed by atoms with Gasteiger partial charge in [-0.1, -0.05) is 19.1 Å². The standard InChI is InChI=1S/C17H15N3O2/c1-2-12-7-8-15(21-12)17-18-9-10-20(17)11-16-19-13-5-3-4-6-14(13)22-16/h3-10H,2,11H2,1H3. The van der Waals surface area contributed by atoms with E-state index < -0.39 is 0 Å². The second kappa shape index (κ2) is 5.18. The second-order valence-corrected chi connectivity index (χ2v) is 5.07. The minimum absolute atomic E-state index is 0.520. The Morgan fingerprint density at radius 1 is 1.09 bits per heavy atom. The van der Waals surface area contributed by atoms with Gasteiger partial charge in [0.25, 0.3) is 0 Å². The number of furan rings is 1. The first kappa shape index (κ1) is 12.9. The van der Waals surface area contributed by atoms with Crippen LogP contribution < -0.4 is 0 Å². The van der Waals surface area contributed by atoms with E-state index in [1.807, 2.05) is 47.2 Å². The Morgan fingerprint density at radius 3 is 2.82 bits per heavy atom. The van der Waals surface area contributed by atoms with Gasteiger partial charge in [-0.05, 0) is 24.3 Å². The van der Waals surface area contributed by atoms with Crippen LogP contribution in [-0.2, 0) is 13.0 Å². The third kappa shape index (κ3) is 2.20. The first-order valence-electron chi connectivity index (χ1n) is 7.28. The third-order valence-corrected chi connectivity index (χ3v) is 3.59. The normalized spacial score (nSPS) is 11.3. The predicted octanol–water partition coefficient (Wildman–Crippen LogP) is 3.90. The fraction of sp³-hybridized carbons (Fsp3) is 0.176. The van der Waals surface area contributed by atoms with Gasteiger partial charge in [0.15, 0.2) is 17.2 Å². The summed E-state index contributed by atoms with van der Waals surface area (Å²) in [6.45, 7) is 2.58. The average molecular weight is 293 g/mol. The van der Waals surface area contributed by atoms with Crippen LogP contribution in [-0.4, -0.2) is 14.5 Å². The number of oxazole rings is 1. The molecule has 22 heavy (non-hydrogen) atoms. The number of aromatic nitrogens is 3. The molecule has 0 aliphatic carbocycles. The van der Waals surface area contributed by atoms with Gasteiger partial charge in [-0.2, -0.15) is 0 Å². The molecule has 0 saturated carbocycles. The molecule has 1 aromatic carbocycles. The lowest BCUT2D eigenvalue weighted by atomic mass is 10.3. The third-order valence-electron chi connectivity index (χ3n) is 3.59. The molecule has 4 rings (SSSR count). The molecule has 0 aliphatic heterocycles. The number of hydrogen-bond acceptors (Lipinski definition) is 4. The topological polar surface area (TPSA) is 57.0 Å². The number of hydrogen-bond donors (Lipinski definition) is 0. The molecule has 3 heterocycles. The molecule has 110 valence electrons. The van der Waals surface area contributed by atoms with E-state index in [9.17, 15) is 0 Å². The van der Waals surface area contributed by atoms with Crippen LogP contribution in [0.25, 0.3) is 22.7 Å². The van der Waals surface area contributed by atoms with Gasteiger partial charge in [0.1, 0.15) is 17.8 Å². The quantitative estimate of drug-likeness (QED) is 0.572. The van der Waals surface area contributed by atoms with E-state index in [1.165, 1.54) is 0 Å². The van der Waals surface area contributed by atoms with E-state index >= 15 is 0 Å². The van der Waals surface area contributed by atoms with Gasteiger partial charge in [-0.15, -0.1) is 0 Å². The summed E-state index contributed by atoms with van der Waals surface area (Å²) in [6.07, 6.45) is 4.52. The number of nitrogens with zero attached hydrogens (tertiary/aromatic N) is 3. The summed E-state index contributed by atoms with van der Waals surface area (Å²) in [5, 5.41) is 0. The summed E-state index contributed by atoms with van der Waals surface area (Å²) < 4.78 is 13.5. The van der Waals surface area contributed by atoms with E-state index in [-0.39, 0.29) is 0 Å². The number of imidazole rings is 1. The minimum atomic E-state index is 0.520. The maximum atomic E-state index is 5.78. The molecule has 5 heteroatoms. The highest BCUT2D eigenvalue weighted by molar-refractivity contribution is 5.72. The Bertz CT molecular complexity index is 884. The van der Waals surface area contributed by atoms with Gasteiger partial charge in [-0.3, -0.25) is 0 Å². The molecule has 0 radical (unpaired) electrons. The van der Waals surface area contributed by atoms with Crippen molar-refractivity contribution in [2.75, 3.05) is 0 Å². The maximum Gasteiger partial charge on any atom is 0.215 e. The Balaban J connectivity index is 1.67. The summed E-state index contributed by atoms with van der Waals surface area (Å²) in [6, 6.07) is 11.7. The number of benzene rings is 1. The predicted molar refractivity (Wildman–Crippen MR) is 82.4 cm³/mol. The lowest BCUT2D eigenvalue weighted by Crippen LogP contribution is -2.00. The van der Waals surface area contributed by atoms with Crippen LogP contribution in [0.1, 0.15) is 18.6 Å². The number of aryl methyl sites for hydroxylation is 1. The van der Waals surface area contributed by atoms with Gasteiger partial charge < -0.3 is 13.4 Å². The van der Waals surface area contributed by atoms with E-state index in [1.54, 1.807) is 6.20 Å². The second-order valence-electron chi connectivity index (χ2n) is 5.07. The van der Waals surface area contributed by atoms with Crippen molar-refractivity contribution in [2.24, 2.45) is 0 Å². The van der Waals surface area contributed by atoms with Crippen molar-refractivity contribution >= 4 is 11.1 Å². The van der Waals surface area contributed by atoms with Crippen molar-refractivity contribution in [3.8, 4) is 11.6 Å². The Hall–Kier alpha value is -2.82. The SMILES string of the molecule is CCc1ccc(-c2nccn2Cc2nc3ccccc3o2)o1. The molecule has 0 N–H and O–H groups in total. The summed E-state index contributed by atoms with van der Waals surface area (Å²) in [5.74, 6) is 3.15. The zero-order valence-electron chi connectivity index (χ0n) is 12.2. The first-order valence-corrected chi connectivity index (χ1v) is 7.28. The highest BCUT2D eigenvalue weighted by Gasteiger charge is 2.13. The molecular formula is C17H15N3O2. The van der Waals surface area contributed by atoms with Crippen LogP contribution in [0, 0.1) is 0 Å². The van der Waals surface area contributed by atoms with E-state index in [0.717, 1.165) is 34.9 Å². The summed E-state index contributed by atoms with van der Waals surface area (Å²) in [5.41, 5.74) is 1.66. The largest absolute Gasteiger partial charge is 0.458 e. The molecule has 3 aromatic heterocycles. The van der Waals surface area contributed by atoms with Crippen molar-refractivity contribution < 1.29 is 8.83 Å². The molecule has 0 unspecified atom stereocenters. The monoisotopic (exact) mass is 293 g/mol. The summed E-state index contributed by atoms with van der Waals surface area (Å²) in [4.78, 5) is 8.88. The smallest absolute Gasteiger partial charge is 0.215 e. The molecule has 0 fully saturated rings. The number of fused-ring (bicyclic) bond motifs is 1. The van der Waals surface area contributed by atoms with Gasteiger partial charge >= 0.3 is 0 Å². The molecule has 0 aliphatic rings. The molecule has 0 bridgehead atoms. The van der Waals surface area contributed by atoms with Crippen LogP contribution in [0.4, 0.5) is 0 Å². The van der Waals surface area contributed by atoms with Crippen molar-refractivity contribution in [3.63, 3.8) is 0 Å². The Labute approximate surface area is 127 Å². The number of rotatable bonds is 4. The zero-order valence-corrected chi connectivity index (χ0v) is 12.2. The Kier molecular flexibility index (Phi) is 3.04. The van der Waals surface area contributed by atoms with Crippen LogP contribution in [0.15, 0.2) is 57.6 Å². The van der Waals surface area contributed by atoms with Crippen LogP contribution in [0.3, 0.4) is 0 Å². The lowest BCUT2D eigenvalue weighted by molar-refractivity contribution is 0.499. The fourth-order valence-electron chi connectivity index (χ4n) is 2.48. The molecule has 5 nitrogen and oxygen atoms in total. The van der Waals surface area contributed by atoms with Gasteiger partial charge in [-0.25, -0.2) is 9.97 Å². The molecular weight excluding hydrogens is 278 g/mol. The fourth-order valence-corrected chi connectivity index (χ4v) is 2.48. The van der Waals surface area contributed by atoms with Gasteiger partial charge in [0.2, 0.25) is 5.89 Å². The number of para-hydroxylation sites is 2. The summed E-state index contributed by atoms with van der Waals surface area (Å²) >= 11 is 0. The molecule has 0 amide bonds. The molecule has 0 atom stereocenters. The highest BCUT2D eigenvalue weighted by Crippen LogP contribution is 2.22. The van der Waals surface area contributed by atoms with Crippen molar-refractivity contribution in [1.29, 1.82) is 0 Å².